The van der Waals surface area contributed by atoms with Crippen molar-refractivity contribution in [2.24, 2.45) is 0 Å². The average Bonchev–Trinajstić information content (AvgIpc) is 2.77. The van der Waals surface area contributed by atoms with Crippen molar-refractivity contribution in [3.8, 4) is 0 Å². The van der Waals surface area contributed by atoms with E-state index in [-0.39, 0.29) is 16.0 Å². The molecule has 2 rings (SSSR count). The van der Waals surface area contributed by atoms with Crippen molar-refractivity contribution < 1.29 is 9.90 Å². The minimum atomic E-state index is -0.735. The molecule has 0 unspecified atom stereocenters. The third-order valence-corrected chi connectivity index (χ3v) is 4.55. The van der Waals surface area contributed by atoms with Crippen LogP contribution >= 0.6 is 11.8 Å². The highest BCUT2D eigenvalue weighted by molar-refractivity contribution is 8.01. The number of nitrogens with one attached hydrogen (secondary N) is 1. The number of hydrogen-bond acceptors (Lipinski definition) is 3. The quantitative estimate of drug-likeness (QED) is 0.863. The molecular formula is C14H19NO2S. The number of carbonyl (C=O) groups is 1. The lowest BCUT2D eigenvalue weighted by Gasteiger charge is -2.20. The monoisotopic (exact) mass is 265 g/mol. The molecule has 2 atom stereocenters. The van der Waals surface area contributed by atoms with Crippen LogP contribution in [0.2, 0.25) is 0 Å². The highest BCUT2D eigenvalue weighted by atomic mass is 32.2. The lowest BCUT2D eigenvalue weighted by molar-refractivity contribution is -0.136. The van der Waals surface area contributed by atoms with Gasteiger partial charge >= 0.3 is 5.97 Å². The van der Waals surface area contributed by atoms with Crippen LogP contribution in [0.25, 0.3) is 0 Å². The largest absolute Gasteiger partial charge is 0.480 e. The van der Waals surface area contributed by atoms with E-state index in [0.29, 0.717) is 6.54 Å². The number of aliphatic carboxylic acids is 1. The van der Waals surface area contributed by atoms with E-state index < -0.39 is 5.97 Å². The summed E-state index contributed by atoms with van der Waals surface area (Å²) in [4.78, 5) is 10.9. The van der Waals surface area contributed by atoms with Crippen molar-refractivity contribution in [1.29, 1.82) is 0 Å². The number of rotatable bonds is 2. The Morgan fingerprint density at radius 1 is 1.33 bits per heavy atom. The topological polar surface area (TPSA) is 49.3 Å². The molecule has 0 radical (unpaired) electrons. The summed E-state index contributed by atoms with van der Waals surface area (Å²) in [5.41, 5.74) is 2.60. The van der Waals surface area contributed by atoms with Crippen LogP contribution in [0.3, 0.4) is 0 Å². The van der Waals surface area contributed by atoms with Crippen LogP contribution in [0, 0.1) is 0 Å². The fourth-order valence-corrected chi connectivity index (χ4v) is 3.12. The second kappa shape index (κ2) is 4.94. The highest BCUT2D eigenvalue weighted by Gasteiger charge is 2.30. The molecule has 3 nitrogen and oxygen atoms in total. The third kappa shape index (κ3) is 2.87. The summed E-state index contributed by atoms with van der Waals surface area (Å²) in [7, 11) is 0. The third-order valence-electron chi connectivity index (χ3n) is 3.14. The van der Waals surface area contributed by atoms with Crippen LogP contribution in [0.15, 0.2) is 24.3 Å². The minimum Gasteiger partial charge on any atom is -0.480 e. The first kappa shape index (κ1) is 13.4. The number of thioether (sulfide) groups is 1. The van der Waals surface area contributed by atoms with Crippen molar-refractivity contribution in [3.63, 3.8) is 0 Å². The summed E-state index contributed by atoms with van der Waals surface area (Å²) in [5.74, 6) is -0.735. The fourth-order valence-electron chi connectivity index (χ4n) is 1.97. The number of benzene rings is 1. The lowest BCUT2D eigenvalue weighted by atomic mass is 9.87. The predicted molar refractivity (Wildman–Crippen MR) is 74.9 cm³/mol. The summed E-state index contributed by atoms with van der Waals surface area (Å²) in [5, 5.41) is 12.0. The first-order valence-electron chi connectivity index (χ1n) is 6.10. The first-order chi connectivity index (χ1) is 8.38. The Kier molecular flexibility index (Phi) is 3.69. The van der Waals surface area contributed by atoms with Gasteiger partial charge in [0.1, 0.15) is 5.25 Å². The van der Waals surface area contributed by atoms with Gasteiger partial charge in [-0.25, -0.2) is 0 Å². The van der Waals surface area contributed by atoms with E-state index in [0.717, 1.165) is 5.56 Å². The smallest absolute Gasteiger partial charge is 0.318 e. The molecule has 4 heteroatoms. The summed E-state index contributed by atoms with van der Waals surface area (Å²) in [6, 6.07) is 8.45. The number of carboxylic acids is 1. The Balaban J connectivity index is 2.10. The summed E-state index contributed by atoms with van der Waals surface area (Å²) in [6.07, 6.45) is 0. The molecule has 0 aromatic heterocycles. The highest BCUT2D eigenvalue weighted by Crippen LogP contribution is 2.35. The maximum atomic E-state index is 10.9. The maximum Gasteiger partial charge on any atom is 0.318 e. The molecule has 0 aliphatic carbocycles. The summed E-state index contributed by atoms with van der Waals surface area (Å²) in [6.45, 7) is 7.09. The zero-order valence-corrected chi connectivity index (χ0v) is 11.8. The maximum absolute atomic E-state index is 10.9. The molecular weight excluding hydrogens is 246 g/mol. The van der Waals surface area contributed by atoms with Gasteiger partial charge in [0, 0.05) is 6.54 Å². The van der Waals surface area contributed by atoms with E-state index in [9.17, 15) is 4.79 Å². The average molecular weight is 265 g/mol. The SMILES string of the molecule is CC(C)(C)c1ccc([C@@H]2NC[C@@H](C(=O)O)S2)cc1. The molecule has 1 aliphatic heterocycles. The van der Waals surface area contributed by atoms with Gasteiger partial charge in [0.15, 0.2) is 0 Å². The van der Waals surface area contributed by atoms with Gasteiger partial charge in [0.05, 0.1) is 5.37 Å². The molecule has 0 saturated carbocycles. The molecule has 18 heavy (non-hydrogen) atoms. The van der Waals surface area contributed by atoms with Crippen molar-refractivity contribution in [2.45, 2.75) is 36.8 Å². The molecule has 1 heterocycles. The van der Waals surface area contributed by atoms with Gasteiger partial charge in [-0.3, -0.25) is 10.1 Å². The van der Waals surface area contributed by atoms with Crippen molar-refractivity contribution in [3.05, 3.63) is 35.4 Å². The second-order valence-electron chi connectivity index (χ2n) is 5.62. The second-order valence-corrected chi connectivity index (χ2v) is 6.94. The van der Waals surface area contributed by atoms with Crippen LogP contribution in [0.1, 0.15) is 37.3 Å². The van der Waals surface area contributed by atoms with E-state index in [4.69, 9.17) is 5.11 Å². The Morgan fingerprint density at radius 3 is 2.39 bits per heavy atom. The predicted octanol–water partition coefficient (Wildman–Crippen LogP) is 2.77. The summed E-state index contributed by atoms with van der Waals surface area (Å²) < 4.78 is 0. The molecule has 0 bridgehead atoms. The number of hydrogen-bond donors (Lipinski definition) is 2. The molecule has 1 aliphatic rings. The van der Waals surface area contributed by atoms with Crippen molar-refractivity contribution in [2.75, 3.05) is 6.54 Å². The van der Waals surface area contributed by atoms with Gasteiger partial charge in [-0.15, -0.1) is 11.8 Å². The molecule has 1 saturated heterocycles. The molecule has 1 aromatic carbocycles. The molecule has 98 valence electrons. The Hall–Kier alpha value is -1.00. The minimum absolute atomic E-state index is 0.0973. The standard InChI is InChI=1S/C14H19NO2S/c1-14(2,3)10-6-4-9(5-7-10)12-15-8-11(18-12)13(16)17/h4-7,11-12,15H,8H2,1-3H3,(H,16,17)/t11-,12+/m0/s1. The summed E-state index contributed by atoms with van der Waals surface area (Å²) >= 11 is 1.47. The Bertz CT molecular complexity index is 436. The Labute approximate surface area is 112 Å². The molecule has 2 N–H and O–H groups in total. The van der Waals surface area contributed by atoms with E-state index in [1.165, 1.54) is 17.3 Å². The van der Waals surface area contributed by atoms with Crippen LogP contribution in [0.4, 0.5) is 0 Å². The van der Waals surface area contributed by atoms with E-state index in [1.807, 2.05) is 0 Å². The normalized spacial score (nSPS) is 24.2. The van der Waals surface area contributed by atoms with Gasteiger partial charge in [-0.1, -0.05) is 45.0 Å². The van der Waals surface area contributed by atoms with Gasteiger partial charge in [0.25, 0.3) is 0 Å². The Morgan fingerprint density at radius 2 is 1.94 bits per heavy atom. The fraction of sp³-hybridized carbons (Fsp3) is 0.500. The van der Waals surface area contributed by atoms with Gasteiger partial charge in [-0.05, 0) is 16.5 Å². The van der Waals surface area contributed by atoms with Crippen LogP contribution in [-0.2, 0) is 10.2 Å². The van der Waals surface area contributed by atoms with Crippen molar-refractivity contribution in [1.82, 2.24) is 5.32 Å². The van der Waals surface area contributed by atoms with E-state index in [1.54, 1.807) is 0 Å². The molecule has 1 fully saturated rings. The van der Waals surface area contributed by atoms with E-state index in [2.05, 4.69) is 50.4 Å². The lowest BCUT2D eigenvalue weighted by Crippen LogP contribution is -2.21. The first-order valence-corrected chi connectivity index (χ1v) is 7.04. The molecule has 0 amide bonds. The van der Waals surface area contributed by atoms with Gasteiger partial charge in [-0.2, -0.15) is 0 Å². The molecule has 1 aromatic rings. The van der Waals surface area contributed by atoms with Crippen LogP contribution in [-0.4, -0.2) is 22.9 Å². The van der Waals surface area contributed by atoms with Gasteiger partial charge in [0.2, 0.25) is 0 Å². The zero-order chi connectivity index (χ0) is 13.3. The molecule has 0 spiro atoms. The number of carboxylic acid groups (broad SMARTS) is 1. The van der Waals surface area contributed by atoms with Crippen molar-refractivity contribution >= 4 is 17.7 Å². The van der Waals surface area contributed by atoms with Crippen LogP contribution < -0.4 is 5.32 Å². The van der Waals surface area contributed by atoms with Gasteiger partial charge < -0.3 is 5.11 Å². The zero-order valence-electron chi connectivity index (χ0n) is 10.9. The van der Waals surface area contributed by atoms with Crippen LogP contribution in [0.5, 0.6) is 0 Å². The van der Waals surface area contributed by atoms with E-state index >= 15 is 0 Å².